The maximum absolute atomic E-state index is 13.0. The third-order valence-corrected chi connectivity index (χ3v) is 6.39. The normalized spacial score (nSPS) is 11.8. The van der Waals surface area contributed by atoms with Crippen LogP contribution in [0.2, 0.25) is 0 Å². The van der Waals surface area contributed by atoms with E-state index in [1.165, 1.54) is 9.54 Å². The van der Waals surface area contributed by atoms with Crippen LogP contribution in [0.4, 0.5) is 0 Å². The molecule has 0 bridgehead atoms. The van der Waals surface area contributed by atoms with Crippen molar-refractivity contribution in [2.45, 2.75) is 18.7 Å². The van der Waals surface area contributed by atoms with E-state index in [0.717, 1.165) is 22.1 Å². The van der Waals surface area contributed by atoms with Gasteiger partial charge in [0.15, 0.2) is 0 Å². The summed E-state index contributed by atoms with van der Waals surface area (Å²) in [5.41, 5.74) is 5.15. The van der Waals surface area contributed by atoms with Crippen molar-refractivity contribution in [3.05, 3.63) is 90.1 Å². The fourth-order valence-electron chi connectivity index (χ4n) is 3.21. The average Bonchev–Trinajstić information content (AvgIpc) is 3.06. The predicted octanol–water partition coefficient (Wildman–Crippen LogP) is 5.16. The first kappa shape index (κ1) is 16.6. The molecule has 0 amide bonds. The van der Waals surface area contributed by atoms with E-state index in [-0.39, 0.29) is 0 Å². The first-order chi connectivity index (χ1) is 12.5. The second-order valence-electron chi connectivity index (χ2n) is 6.52. The lowest BCUT2D eigenvalue weighted by Crippen LogP contribution is -2.11. The zero-order valence-electron chi connectivity index (χ0n) is 14.7. The van der Waals surface area contributed by atoms with E-state index in [4.69, 9.17) is 0 Å². The summed E-state index contributed by atoms with van der Waals surface area (Å²) in [6.45, 7) is 4.01. The van der Waals surface area contributed by atoms with Gasteiger partial charge in [-0.15, -0.1) is 0 Å². The highest BCUT2D eigenvalue weighted by atomic mass is 32.2. The minimum absolute atomic E-state index is 0.295. The average molecular weight is 361 g/mol. The molecule has 4 aromatic rings. The van der Waals surface area contributed by atoms with Gasteiger partial charge in [-0.05, 0) is 60.9 Å². The van der Waals surface area contributed by atoms with Gasteiger partial charge in [0, 0.05) is 11.6 Å². The molecule has 1 heterocycles. The molecule has 0 spiro atoms. The first-order valence-corrected chi connectivity index (χ1v) is 9.90. The van der Waals surface area contributed by atoms with Crippen molar-refractivity contribution in [2.75, 3.05) is 0 Å². The van der Waals surface area contributed by atoms with Gasteiger partial charge in [-0.3, -0.25) is 0 Å². The third-order valence-electron chi connectivity index (χ3n) is 4.69. The molecule has 0 radical (unpaired) electrons. The van der Waals surface area contributed by atoms with Crippen molar-refractivity contribution in [3.63, 3.8) is 0 Å². The summed E-state index contributed by atoms with van der Waals surface area (Å²) in [5, 5.41) is 0.904. The first-order valence-electron chi connectivity index (χ1n) is 8.46. The Kier molecular flexibility index (Phi) is 3.93. The molecule has 4 rings (SSSR count). The Morgan fingerprint density at radius 3 is 2.27 bits per heavy atom. The predicted molar refractivity (Wildman–Crippen MR) is 106 cm³/mol. The molecular formula is C22H19NO2S. The number of aromatic nitrogens is 1. The van der Waals surface area contributed by atoms with Crippen molar-refractivity contribution >= 4 is 20.9 Å². The van der Waals surface area contributed by atoms with Gasteiger partial charge >= 0.3 is 0 Å². The summed E-state index contributed by atoms with van der Waals surface area (Å²) in [5.74, 6) is 0. The van der Waals surface area contributed by atoms with Crippen LogP contribution in [0.1, 0.15) is 11.1 Å². The summed E-state index contributed by atoms with van der Waals surface area (Å²) < 4.78 is 27.3. The molecule has 26 heavy (non-hydrogen) atoms. The molecule has 0 aliphatic heterocycles. The lowest BCUT2D eigenvalue weighted by atomic mass is 10.00. The second-order valence-corrected chi connectivity index (χ2v) is 8.33. The van der Waals surface area contributed by atoms with Crippen LogP contribution in [0.3, 0.4) is 0 Å². The van der Waals surface area contributed by atoms with Crippen LogP contribution < -0.4 is 0 Å². The van der Waals surface area contributed by atoms with E-state index in [0.29, 0.717) is 10.4 Å². The molecule has 1 aromatic heterocycles. The molecule has 0 fully saturated rings. The Bertz CT molecular complexity index is 1200. The number of hydrogen-bond donors (Lipinski definition) is 0. The fourth-order valence-corrected chi connectivity index (χ4v) is 4.57. The van der Waals surface area contributed by atoms with Crippen molar-refractivity contribution in [1.82, 2.24) is 3.97 Å². The maximum Gasteiger partial charge on any atom is 0.268 e. The summed E-state index contributed by atoms with van der Waals surface area (Å²) in [6, 6.07) is 22.9. The van der Waals surface area contributed by atoms with Gasteiger partial charge in [0.05, 0.1) is 10.4 Å². The Morgan fingerprint density at radius 2 is 1.54 bits per heavy atom. The van der Waals surface area contributed by atoms with Crippen LogP contribution in [0, 0.1) is 13.8 Å². The molecule has 0 N–H and O–H groups in total. The van der Waals surface area contributed by atoms with Gasteiger partial charge in [0.1, 0.15) is 0 Å². The SMILES string of the molecule is Cc1ccc(S(=O)(=O)n2ccc3cc(-c4ccccc4C)ccc32)cc1. The van der Waals surface area contributed by atoms with Crippen LogP contribution in [-0.4, -0.2) is 12.4 Å². The van der Waals surface area contributed by atoms with Crippen molar-refractivity contribution in [2.24, 2.45) is 0 Å². The number of rotatable bonds is 3. The van der Waals surface area contributed by atoms with E-state index < -0.39 is 10.0 Å². The zero-order valence-corrected chi connectivity index (χ0v) is 15.5. The molecule has 0 saturated heterocycles. The highest BCUT2D eigenvalue weighted by Crippen LogP contribution is 2.29. The molecule has 130 valence electrons. The van der Waals surface area contributed by atoms with Crippen LogP contribution in [0.25, 0.3) is 22.0 Å². The highest BCUT2D eigenvalue weighted by molar-refractivity contribution is 7.90. The summed E-state index contributed by atoms with van der Waals surface area (Å²) >= 11 is 0. The van der Waals surface area contributed by atoms with Gasteiger partial charge < -0.3 is 0 Å². The van der Waals surface area contributed by atoms with E-state index in [1.54, 1.807) is 18.3 Å². The van der Waals surface area contributed by atoms with Gasteiger partial charge in [-0.1, -0.05) is 48.0 Å². The number of benzene rings is 3. The molecule has 4 heteroatoms. The number of aryl methyl sites for hydroxylation is 2. The van der Waals surface area contributed by atoms with Crippen LogP contribution in [-0.2, 0) is 10.0 Å². The van der Waals surface area contributed by atoms with Gasteiger partial charge in [0.25, 0.3) is 10.0 Å². The number of fused-ring (bicyclic) bond motifs is 1. The van der Waals surface area contributed by atoms with E-state index in [1.807, 2.05) is 55.5 Å². The largest absolute Gasteiger partial charge is 0.268 e. The highest BCUT2D eigenvalue weighted by Gasteiger charge is 2.18. The van der Waals surface area contributed by atoms with E-state index in [9.17, 15) is 8.42 Å². The third kappa shape index (κ3) is 2.72. The van der Waals surface area contributed by atoms with Crippen LogP contribution in [0.5, 0.6) is 0 Å². The smallest absolute Gasteiger partial charge is 0.241 e. The van der Waals surface area contributed by atoms with Crippen molar-refractivity contribution < 1.29 is 8.42 Å². The Balaban J connectivity index is 1.84. The quantitative estimate of drug-likeness (QED) is 0.505. The molecule has 3 nitrogen and oxygen atoms in total. The molecule has 0 aliphatic carbocycles. The topological polar surface area (TPSA) is 39.1 Å². The van der Waals surface area contributed by atoms with Crippen LogP contribution in [0.15, 0.2) is 83.9 Å². The zero-order chi connectivity index (χ0) is 18.3. The van der Waals surface area contributed by atoms with Crippen LogP contribution >= 0.6 is 0 Å². The minimum Gasteiger partial charge on any atom is -0.241 e. The van der Waals surface area contributed by atoms with Gasteiger partial charge in [0.2, 0.25) is 0 Å². The number of hydrogen-bond acceptors (Lipinski definition) is 2. The second kappa shape index (κ2) is 6.15. The Labute approximate surface area is 153 Å². The summed E-state index contributed by atoms with van der Waals surface area (Å²) in [7, 11) is -3.61. The van der Waals surface area contributed by atoms with Gasteiger partial charge in [-0.25, -0.2) is 12.4 Å². The molecule has 0 saturated carbocycles. The lowest BCUT2D eigenvalue weighted by molar-refractivity contribution is 0.589. The lowest BCUT2D eigenvalue weighted by Gasteiger charge is -2.09. The summed E-state index contributed by atoms with van der Waals surface area (Å²) in [6.07, 6.45) is 1.63. The van der Waals surface area contributed by atoms with Crippen molar-refractivity contribution in [1.29, 1.82) is 0 Å². The minimum atomic E-state index is -3.61. The Hall–Kier alpha value is -2.85. The maximum atomic E-state index is 13.0. The van der Waals surface area contributed by atoms with E-state index in [2.05, 4.69) is 19.1 Å². The fraction of sp³-hybridized carbons (Fsp3) is 0.0909. The molecule has 0 atom stereocenters. The standard InChI is InChI=1S/C22H19NO2S/c1-16-7-10-20(11-8-16)26(24,25)23-14-13-19-15-18(9-12-22(19)23)21-6-4-3-5-17(21)2/h3-15H,1-2H3. The van der Waals surface area contributed by atoms with E-state index >= 15 is 0 Å². The molecule has 0 aliphatic rings. The number of nitrogens with zero attached hydrogens (tertiary/aromatic N) is 1. The Morgan fingerprint density at radius 1 is 0.808 bits per heavy atom. The van der Waals surface area contributed by atoms with Crippen molar-refractivity contribution in [3.8, 4) is 11.1 Å². The van der Waals surface area contributed by atoms with Gasteiger partial charge in [-0.2, -0.15) is 0 Å². The summed E-state index contributed by atoms with van der Waals surface area (Å²) in [4.78, 5) is 0.295. The molecule has 3 aromatic carbocycles. The molecular weight excluding hydrogens is 342 g/mol. The monoisotopic (exact) mass is 361 g/mol. The molecule has 0 unspecified atom stereocenters.